The second kappa shape index (κ2) is 7.61. The van der Waals surface area contributed by atoms with E-state index in [1.807, 2.05) is 4.90 Å². The summed E-state index contributed by atoms with van der Waals surface area (Å²) in [4.78, 5) is 27.6. The number of halogens is 1. The third-order valence-electron chi connectivity index (χ3n) is 4.78. The summed E-state index contributed by atoms with van der Waals surface area (Å²) in [6.45, 7) is 3.58. The summed E-state index contributed by atoms with van der Waals surface area (Å²) in [5, 5.41) is 9.54. The van der Waals surface area contributed by atoms with Gasteiger partial charge in [-0.05, 0) is 43.3 Å². The number of hydrazone groups is 1. The Labute approximate surface area is 167 Å². The molecular weight excluding hydrogens is 380 g/mol. The van der Waals surface area contributed by atoms with E-state index in [9.17, 15) is 9.59 Å². The van der Waals surface area contributed by atoms with Crippen LogP contribution in [0, 0.1) is 0 Å². The molecule has 0 aliphatic carbocycles. The van der Waals surface area contributed by atoms with Gasteiger partial charge in [0.2, 0.25) is 5.78 Å². The van der Waals surface area contributed by atoms with Crippen molar-refractivity contribution < 1.29 is 14.0 Å². The van der Waals surface area contributed by atoms with Crippen LogP contribution < -0.4 is 10.3 Å². The predicted octanol–water partition coefficient (Wildman–Crippen LogP) is 2.70. The van der Waals surface area contributed by atoms with Crippen molar-refractivity contribution >= 4 is 34.7 Å². The molecule has 2 aliphatic rings. The fraction of sp³-hybridized carbons (Fsp3) is 0.250. The number of amides is 1. The average Bonchev–Trinajstić information content (AvgIpc) is 3.33. The van der Waals surface area contributed by atoms with Gasteiger partial charge in [0.25, 0.3) is 5.91 Å². The van der Waals surface area contributed by atoms with Crippen molar-refractivity contribution in [3.8, 4) is 0 Å². The third kappa shape index (κ3) is 3.46. The molecule has 1 saturated heterocycles. The minimum Gasteiger partial charge on any atom is -0.461 e. The average molecular weight is 399 g/mol. The molecule has 0 spiro atoms. The van der Waals surface area contributed by atoms with Gasteiger partial charge in [0.15, 0.2) is 5.76 Å². The van der Waals surface area contributed by atoms with Crippen LogP contribution in [0.1, 0.15) is 17.5 Å². The molecule has 1 aromatic carbocycles. The highest BCUT2D eigenvalue weighted by Gasteiger charge is 2.33. The maximum atomic E-state index is 12.9. The largest absolute Gasteiger partial charge is 0.461 e. The van der Waals surface area contributed by atoms with Crippen molar-refractivity contribution in [1.82, 2.24) is 10.2 Å². The van der Waals surface area contributed by atoms with Crippen molar-refractivity contribution in [2.45, 2.75) is 13.0 Å². The Balaban J connectivity index is 1.60. The van der Waals surface area contributed by atoms with Crippen molar-refractivity contribution in [2.24, 2.45) is 5.10 Å². The molecule has 1 atom stereocenters. The van der Waals surface area contributed by atoms with E-state index in [1.165, 1.54) is 11.3 Å². The van der Waals surface area contributed by atoms with Gasteiger partial charge in [0.05, 0.1) is 23.2 Å². The number of piperazine rings is 1. The maximum absolute atomic E-state index is 12.9. The number of nitrogens with zero attached hydrogens (tertiary/aromatic N) is 3. The Morgan fingerprint density at radius 3 is 2.82 bits per heavy atom. The highest BCUT2D eigenvalue weighted by atomic mass is 35.5. The molecule has 0 bridgehead atoms. The zero-order valence-electron chi connectivity index (χ0n) is 15.3. The van der Waals surface area contributed by atoms with Crippen LogP contribution in [-0.2, 0) is 4.79 Å². The highest BCUT2D eigenvalue weighted by Crippen LogP contribution is 2.26. The van der Waals surface area contributed by atoms with Gasteiger partial charge in [-0.2, -0.15) is 10.1 Å². The summed E-state index contributed by atoms with van der Waals surface area (Å²) in [6, 6.07) is 9.81. The van der Waals surface area contributed by atoms with Gasteiger partial charge in [-0.1, -0.05) is 11.6 Å². The number of Topliss-reactive ketones (excluding diaryl/α,β-unsaturated/α-hetero) is 1. The van der Waals surface area contributed by atoms with Gasteiger partial charge in [-0.15, -0.1) is 0 Å². The minimum atomic E-state index is -0.447. The number of furan rings is 1. The van der Waals surface area contributed by atoms with Crippen LogP contribution in [0.15, 0.2) is 64.0 Å². The number of carbonyl (C=O) groups is 2. The number of rotatable bonds is 4. The summed E-state index contributed by atoms with van der Waals surface area (Å²) in [5.41, 5.74) is 1.71. The Hall–Kier alpha value is -2.90. The van der Waals surface area contributed by atoms with E-state index < -0.39 is 6.04 Å². The number of benzene rings is 1. The quantitative estimate of drug-likeness (QED) is 0.632. The van der Waals surface area contributed by atoms with E-state index in [2.05, 4.69) is 10.4 Å². The first-order chi connectivity index (χ1) is 13.5. The number of nitrogens with one attached hydrogen (secondary N) is 1. The Bertz CT molecular complexity index is 950. The number of ketones is 1. The minimum absolute atomic E-state index is 0.122. The van der Waals surface area contributed by atoms with Crippen molar-refractivity contribution in [3.05, 3.63) is 65.2 Å². The van der Waals surface area contributed by atoms with Crippen LogP contribution in [0.5, 0.6) is 0 Å². The van der Waals surface area contributed by atoms with Gasteiger partial charge >= 0.3 is 0 Å². The molecule has 1 amide bonds. The third-order valence-corrected chi connectivity index (χ3v) is 5.03. The fourth-order valence-electron chi connectivity index (χ4n) is 3.29. The zero-order valence-corrected chi connectivity index (χ0v) is 16.0. The van der Waals surface area contributed by atoms with Gasteiger partial charge < -0.3 is 14.6 Å². The van der Waals surface area contributed by atoms with Crippen LogP contribution >= 0.6 is 11.6 Å². The van der Waals surface area contributed by atoms with E-state index >= 15 is 0 Å². The SMILES string of the molecule is CC1=NN(c2ccc(Cl)cc2)C(=O)/C1=C\N1CCNCC1C(=O)c1ccco1. The highest BCUT2D eigenvalue weighted by molar-refractivity contribution is 6.31. The molecule has 4 rings (SSSR count). The lowest BCUT2D eigenvalue weighted by atomic mass is 10.1. The smallest absolute Gasteiger partial charge is 0.282 e. The van der Waals surface area contributed by atoms with Crippen LogP contribution in [0.2, 0.25) is 5.02 Å². The summed E-state index contributed by atoms with van der Waals surface area (Å²) >= 11 is 5.93. The van der Waals surface area contributed by atoms with E-state index in [0.29, 0.717) is 40.8 Å². The van der Waals surface area contributed by atoms with Crippen molar-refractivity contribution in [2.75, 3.05) is 24.6 Å². The van der Waals surface area contributed by atoms with E-state index in [0.717, 1.165) is 6.54 Å². The Kier molecular flexibility index (Phi) is 5.02. The van der Waals surface area contributed by atoms with Crippen LogP contribution in [0.25, 0.3) is 0 Å². The molecule has 28 heavy (non-hydrogen) atoms. The first-order valence-corrected chi connectivity index (χ1v) is 9.34. The molecule has 1 aromatic heterocycles. The number of carbonyl (C=O) groups excluding carboxylic acids is 2. The molecule has 144 valence electrons. The van der Waals surface area contributed by atoms with Gasteiger partial charge in [-0.3, -0.25) is 9.59 Å². The van der Waals surface area contributed by atoms with E-state index in [1.54, 1.807) is 49.5 Å². The Morgan fingerprint density at radius 1 is 1.32 bits per heavy atom. The fourth-order valence-corrected chi connectivity index (χ4v) is 3.42. The lowest BCUT2D eigenvalue weighted by Crippen LogP contribution is -2.52. The number of hydrogen-bond acceptors (Lipinski definition) is 6. The van der Waals surface area contributed by atoms with Gasteiger partial charge in [0, 0.05) is 30.9 Å². The summed E-state index contributed by atoms with van der Waals surface area (Å²) in [7, 11) is 0. The van der Waals surface area contributed by atoms with Crippen LogP contribution in [0.3, 0.4) is 0 Å². The van der Waals surface area contributed by atoms with Crippen LogP contribution in [0.4, 0.5) is 5.69 Å². The van der Waals surface area contributed by atoms with Gasteiger partial charge in [-0.25, -0.2) is 0 Å². The molecule has 2 aliphatic heterocycles. The molecular formula is C20H19ClN4O3. The number of anilines is 1. The second-order valence-electron chi connectivity index (χ2n) is 6.62. The standard InChI is InChI=1S/C20H19ClN4O3/c1-13-16(20(27)25(23-13)15-6-4-14(21)5-7-15)12-24-9-8-22-11-17(24)19(26)18-3-2-10-28-18/h2-7,10,12,17,22H,8-9,11H2,1H3/b16-12-. The van der Waals surface area contributed by atoms with Crippen LogP contribution in [-0.4, -0.2) is 48.0 Å². The molecule has 7 nitrogen and oxygen atoms in total. The molecule has 0 radical (unpaired) electrons. The Morgan fingerprint density at radius 2 is 2.11 bits per heavy atom. The first-order valence-electron chi connectivity index (χ1n) is 8.96. The second-order valence-corrected chi connectivity index (χ2v) is 7.06. The molecule has 0 saturated carbocycles. The molecule has 1 fully saturated rings. The van der Waals surface area contributed by atoms with Crippen molar-refractivity contribution in [3.63, 3.8) is 0 Å². The summed E-state index contributed by atoms with van der Waals surface area (Å²) in [5.74, 6) is -0.0470. The zero-order chi connectivity index (χ0) is 19.7. The molecule has 1 N–H and O–H groups in total. The molecule has 2 aromatic rings. The lowest BCUT2D eigenvalue weighted by Gasteiger charge is -2.34. The lowest BCUT2D eigenvalue weighted by molar-refractivity contribution is -0.114. The molecule has 8 heteroatoms. The normalized spacial score (nSPS) is 21.4. The van der Waals surface area contributed by atoms with E-state index in [-0.39, 0.29) is 11.7 Å². The summed E-state index contributed by atoms with van der Waals surface area (Å²) < 4.78 is 5.26. The van der Waals surface area contributed by atoms with E-state index in [4.69, 9.17) is 16.0 Å². The molecule has 3 heterocycles. The summed E-state index contributed by atoms with van der Waals surface area (Å²) in [6.07, 6.45) is 3.22. The first kappa shape index (κ1) is 18.5. The van der Waals surface area contributed by atoms with Gasteiger partial charge in [0.1, 0.15) is 6.04 Å². The monoisotopic (exact) mass is 398 g/mol. The topological polar surface area (TPSA) is 78.2 Å². The molecule has 1 unspecified atom stereocenters. The predicted molar refractivity (Wildman–Crippen MR) is 107 cm³/mol. The number of hydrogen-bond donors (Lipinski definition) is 1. The maximum Gasteiger partial charge on any atom is 0.282 e. The van der Waals surface area contributed by atoms with Crippen molar-refractivity contribution in [1.29, 1.82) is 0 Å².